The van der Waals surface area contributed by atoms with E-state index in [4.69, 9.17) is 18.7 Å². The van der Waals surface area contributed by atoms with E-state index in [-0.39, 0.29) is 24.5 Å². The zero-order chi connectivity index (χ0) is 22.9. The number of allylic oxidation sites excluding steroid dienone is 1. The number of hydrogen-bond acceptors (Lipinski definition) is 7. The van der Waals surface area contributed by atoms with Crippen LogP contribution in [-0.4, -0.2) is 33.2 Å². The van der Waals surface area contributed by atoms with Crippen molar-refractivity contribution in [3.63, 3.8) is 0 Å². The van der Waals surface area contributed by atoms with Crippen LogP contribution in [0.5, 0.6) is 5.88 Å². The van der Waals surface area contributed by atoms with Crippen molar-refractivity contribution in [2.75, 3.05) is 6.61 Å². The third kappa shape index (κ3) is 3.67. The average molecular weight is 454 g/mol. The lowest BCUT2D eigenvalue weighted by molar-refractivity contribution is -0.136. The highest BCUT2D eigenvalue weighted by atomic mass is 16.5. The second-order valence-corrected chi connectivity index (χ2v) is 8.35. The molecule has 1 aromatic carbocycles. The number of nitrogens with zero attached hydrogens (tertiary/aromatic N) is 4. The smallest absolute Gasteiger partial charge is 0.281 e. The number of hydrogen-bond donors (Lipinski definition) is 0. The highest BCUT2D eigenvalue weighted by Gasteiger charge is 2.45. The van der Waals surface area contributed by atoms with Crippen LogP contribution in [-0.2, 0) is 4.79 Å². The Kier molecular flexibility index (Phi) is 5.18. The molecule has 1 saturated carbocycles. The van der Waals surface area contributed by atoms with Gasteiger partial charge < -0.3 is 13.6 Å². The molecule has 6 rings (SSSR count). The van der Waals surface area contributed by atoms with Crippen LogP contribution in [0.15, 0.2) is 86.9 Å². The third-order valence-corrected chi connectivity index (χ3v) is 6.29. The second-order valence-electron chi connectivity index (χ2n) is 8.35. The number of para-hydroxylation sites is 1. The van der Waals surface area contributed by atoms with Crippen LogP contribution < -0.4 is 4.74 Å². The van der Waals surface area contributed by atoms with Crippen molar-refractivity contribution in [2.45, 2.75) is 25.3 Å². The van der Waals surface area contributed by atoms with Crippen molar-refractivity contribution in [1.29, 1.82) is 0 Å². The van der Waals surface area contributed by atoms with E-state index in [0.29, 0.717) is 11.6 Å². The number of amides is 1. The molecule has 2 unspecified atom stereocenters. The minimum atomic E-state index is -0.316. The van der Waals surface area contributed by atoms with Gasteiger partial charge in [-0.2, -0.15) is 5.10 Å². The van der Waals surface area contributed by atoms with Gasteiger partial charge in [0.25, 0.3) is 5.91 Å². The predicted octanol–water partition coefficient (Wildman–Crippen LogP) is 5.02. The van der Waals surface area contributed by atoms with E-state index in [1.54, 1.807) is 12.5 Å². The summed E-state index contributed by atoms with van der Waals surface area (Å²) in [6, 6.07) is 14.7. The van der Waals surface area contributed by atoms with E-state index in [1.807, 2.05) is 54.6 Å². The topological polar surface area (TPSA) is 94.0 Å². The van der Waals surface area contributed by atoms with Crippen LogP contribution in [0.25, 0.3) is 17.0 Å². The Labute approximate surface area is 195 Å². The molecule has 4 aromatic rings. The molecule has 34 heavy (non-hydrogen) atoms. The number of carbonyl (C=O) groups is 1. The number of rotatable bonds is 5. The minimum Gasteiger partial charge on any atom is -0.467 e. The molecule has 8 nitrogen and oxygen atoms in total. The summed E-state index contributed by atoms with van der Waals surface area (Å²) in [4.78, 5) is 21.9. The van der Waals surface area contributed by atoms with Gasteiger partial charge in [0.05, 0.1) is 29.1 Å². The SMILES string of the molecule is O=C(COc1ncnc2ccccc12)N1N=C2C(=Cc3ccco3)CCCC2C1c1ccco1. The summed E-state index contributed by atoms with van der Waals surface area (Å²) in [7, 11) is 0. The predicted molar refractivity (Wildman–Crippen MR) is 125 cm³/mol. The molecule has 0 bridgehead atoms. The Bertz CT molecular complexity index is 1370. The molecule has 0 saturated heterocycles. The van der Waals surface area contributed by atoms with Crippen molar-refractivity contribution in [3.8, 4) is 5.88 Å². The summed E-state index contributed by atoms with van der Waals surface area (Å²) in [5.41, 5.74) is 2.75. The first kappa shape index (κ1) is 20.4. The van der Waals surface area contributed by atoms with Crippen LogP contribution in [0, 0.1) is 5.92 Å². The standard InChI is InChI=1S/C26H22N4O4/c31-23(15-34-26-19-8-1-2-10-21(19)27-16-28-26)30-25(22-11-5-13-33-22)20-9-3-6-17(24(20)29-30)14-18-7-4-12-32-18/h1-2,4-5,7-8,10-14,16,20,25H,3,6,9,15H2. The molecule has 3 aromatic heterocycles. The number of aromatic nitrogens is 2. The fourth-order valence-electron chi connectivity index (χ4n) is 4.78. The molecule has 1 aliphatic carbocycles. The number of carbonyl (C=O) groups excluding carboxylic acids is 1. The van der Waals surface area contributed by atoms with Gasteiger partial charge in [0, 0.05) is 5.92 Å². The molecule has 2 atom stereocenters. The monoisotopic (exact) mass is 454 g/mol. The summed E-state index contributed by atoms with van der Waals surface area (Å²) in [6.45, 7) is -0.195. The quantitative estimate of drug-likeness (QED) is 0.420. The normalized spacial score (nSPS) is 21.0. The molecule has 4 heterocycles. The van der Waals surface area contributed by atoms with Gasteiger partial charge in [0.1, 0.15) is 23.9 Å². The molecule has 8 heteroatoms. The summed E-state index contributed by atoms with van der Waals surface area (Å²) in [5.74, 6) is 1.64. The summed E-state index contributed by atoms with van der Waals surface area (Å²) >= 11 is 0. The average Bonchev–Trinajstić information content (AvgIpc) is 3.63. The van der Waals surface area contributed by atoms with Gasteiger partial charge in [-0.25, -0.2) is 15.0 Å². The zero-order valence-electron chi connectivity index (χ0n) is 18.3. The van der Waals surface area contributed by atoms with Gasteiger partial charge in [0.15, 0.2) is 6.61 Å². The summed E-state index contributed by atoms with van der Waals surface area (Å²) < 4.78 is 17.1. The molecule has 0 N–H and O–H groups in total. The van der Waals surface area contributed by atoms with Gasteiger partial charge >= 0.3 is 0 Å². The van der Waals surface area contributed by atoms with E-state index in [0.717, 1.165) is 47.2 Å². The first-order valence-corrected chi connectivity index (χ1v) is 11.3. The van der Waals surface area contributed by atoms with Crippen molar-refractivity contribution < 1.29 is 18.4 Å². The molecular weight excluding hydrogens is 432 g/mol. The molecule has 1 aliphatic heterocycles. The number of furan rings is 2. The van der Waals surface area contributed by atoms with E-state index >= 15 is 0 Å². The maximum absolute atomic E-state index is 13.4. The van der Waals surface area contributed by atoms with E-state index < -0.39 is 0 Å². The van der Waals surface area contributed by atoms with E-state index in [1.165, 1.54) is 11.3 Å². The lowest BCUT2D eigenvalue weighted by atomic mass is 9.79. The maximum atomic E-state index is 13.4. The van der Waals surface area contributed by atoms with Gasteiger partial charge in [-0.15, -0.1) is 0 Å². The summed E-state index contributed by atoms with van der Waals surface area (Å²) in [5, 5.41) is 7.07. The van der Waals surface area contributed by atoms with E-state index in [2.05, 4.69) is 9.97 Å². The molecule has 170 valence electrons. The number of fused-ring (bicyclic) bond motifs is 2. The van der Waals surface area contributed by atoms with E-state index in [9.17, 15) is 4.79 Å². The molecular formula is C26H22N4O4. The Morgan fingerprint density at radius 1 is 1.09 bits per heavy atom. The van der Waals surface area contributed by atoms with Crippen LogP contribution >= 0.6 is 0 Å². The first-order chi connectivity index (χ1) is 16.8. The lowest BCUT2D eigenvalue weighted by Gasteiger charge is -2.27. The fraction of sp³-hybridized carbons (Fsp3) is 0.231. The van der Waals surface area contributed by atoms with Gasteiger partial charge in [-0.1, -0.05) is 12.1 Å². The Hall–Kier alpha value is -4.20. The molecule has 0 radical (unpaired) electrons. The first-order valence-electron chi connectivity index (χ1n) is 11.3. The van der Waals surface area contributed by atoms with Crippen molar-refractivity contribution in [3.05, 3.63) is 84.5 Å². The number of benzene rings is 1. The largest absolute Gasteiger partial charge is 0.467 e. The number of ether oxygens (including phenoxy) is 1. The van der Waals surface area contributed by atoms with Gasteiger partial charge in [0.2, 0.25) is 5.88 Å². The lowest BCUT2D eigenvalue weighted by Crippen LogP contribution is -2.34. The Balaban J connectivity index is 1.30. The molecule has 1 fully saturated rings. The Morgan fingerprint density at radius 3 is 2.82 bits per heavy atom. The van der Waals surface area contributed by atoms with Crippen LogP contribution in [0.1, 0.15) is 36.8 Å². The zero-order valence-corrected chi connectivity index (χ0v) is 18.3. The highest BCUT2D eigenvalue weighted by molar-refractivity contribution is 6.08. The molecule has 0 spiro atoms. The van der Waals surface area contributed by atoms with Crippen molar-refractivity contribution >= 4 is 28.6 Å². The van der Waals surface area contributed by atoms with Crippen LogP contribution in [0.4, 0.5) is 0 Å². The van der Waals surface area contributed by atoms with Gasteiger partial charge in [-0.3, -0.25) is 4.79 Å². The highest BCUT2D eigenvalue weighted by Crippen LogP contribution is 2.44. The molecule has 1 amide bonds. The van der Waals surface area contributed by atoms with Crippen LogP contribution in [0.3, 0.4) is 0 Å². The second kappa shape index (κ2) is 8.62. The minimum absolute atomic E-state index is 0.0462. The maximum Gasteiger partial charge on any atom is 0.281 e. The van der Waals surface area contributed by atoms with Crippen LogP contribution in [0.2, 0.25) is 0 Å². The third-order valence-electron chi connectivity index (χ3n) is 6.29. The molecule has 2 aliphatic rings. The Morgan fingerprint density at radius 2 is 1.97 bits per heavy atom. The fourth-order valence-corrected chi connectivity index (χ4v) is 4.78. The van der Waals surface area contributed by atoms with Crippen molar-refractivity contribution in [1.82, 2.24) is 15.0 Å². The van der Waals surface area contributed by atoms with Gasteiger partial charge in [-0.05, 0) is 67.3 Å². The van der Waals surface area contributed by atoms with Crippen molar-refractivity contribution in [2.24, 2.45) is 11.0 Å². The number of hydrazone groups is 1. The summed E-state index contributed by atoms with van der Waals surface area (Å²) in [6.07, 6.45) is 9.53.